The van der Waals surface area contributed by atoms with Crippen LogP contribution in [-0.2, 0) is 5.60 Å². The smallest absolute Gasteiger partial charge is 0.166 e. The van der Waals surface area contributed by atoms with Crippen LogP contribution in [0.1, 0.15) is 22.3 Å². The number of alkyl halides is 1. The first-order chi connectivity index (χ1) is 9.15. The molecule has 2 rings (SSSR count). The Morgan fingerprint density at radius 1 is 1.00 bits per heavy atom. The van der Waals surface area contributed by atoms with Gasteiger partial charge in [0, 0.05) is 12.0 Å². The van der Waals surface area contributed by atoms with Crippen molar-refractivity contribution in [2.45, 2.75) is 12.0 Å². The number of hydrogen-bond donors (Lipinski definition) is 1. The molecule has 0 bridgehead atoms. The summed E-state index contributed by atoms with van der Waals surface area (Å²) < 4.78 is 0. The van der Waals surface area contributed by atoms with E-state index in [4.69, 9.17) is 11.6 Å². The third-order valence-electron chi connectivity index (χ3n) is 3.08. The molecule has 0 aliphatic carbocycles. The Bertz CT molecular complexity index is 539. The van der Waals surface area contributed by atoms with E-state index in [2.05, 4.69) is 0 Å². The second kappa shape index (κ2) is 6.00. The Kier molecular flexibility index (Phi) is 4.35. The fourth-order valence-electron chi connectivity index (χ4n) is 1.97. The summed E-state index contributed by atoms with van der Waals surface area (Å²) in [4.78, 5) is 12.2. The largest absolute Gasteiger partial charge is 0.383 e. The molecule has 0 spiro atoms. The van der Waals surface area contributed by atoms with Gasteiger partial charge in [0.1, 0.15) is 5.60 Å². The molecule has 0 amide bonds. The molecule has 2 aromatic rings. The summed E-state index contributed by atoms with van der Waals surface area (Å²) in [6.07, 6.45) is -0.0233. The molecule has 0 heterocycles. The van der Waals surface area contributed by atoms with E-state index in [9.17, 15) is 9.90 Å². The lowest BCUT2D eigenvalue weighted by atomic mass is 9.88. The van der Waals surface area contributed by atoms with Crippen LogP contribution in [0.2, 0.25) is 0 Å². The summed E-state index contributed by atoms with van der Waals surface area (Å²) in [6.45, 7) is 0. The zero-order valence-corrected chi connectivity index (χ0v) is 11.2. The highest BCUT2D eigenvalue weighted by atomic mass is 35.5. The third kappa shape index (κ3) is 3.22. The number of carbonyl (C=O) groups is 1. The molecule has 0 fully saturated rings. The van der Waals surface area contributed by atoms with Gasteiger partial charge in [0.15, 0.2) is 5.78 Å². The van der Waals surface area contributed by atoms with E-state index in [1.165, 1.54) is 0 Å². The van der Waals surface area contributed by atoms with E-state index in [0.29, 0.717) is 11.1 Å². The lowest BCUT2D eigenvalue weighted by Gasteiger charge is -2.25. The number of carbonyl (C=O) groups excluding carboxylic acids is 1. The molecule has 1 N–H and O–H groups in total. The average molecular weight is 275 g/mol. The Morgan fingerprint density at radius 3 is 2.05 bits per heavy atom. The standard InChI is InChI=1S/C16H15ClO2/c17-12-16(19,14-9-5-2-6-10-14)11-15(18)13-7-3-1-4-8-13/h1-10,19H,11-12H2. The molecule has 0 aromatic heterocycles. The van der Waals surface area contributed by atoms with Gasteiger partial charge in [-0.25, -0.2) is 0 Å². The summed E-state index contributed by atoms with van der Waals surface area (Å²) >= 11 is 5.87. The van der Waals surface area contributed by atoms with Crippen molar-refractivity contribution in [3.63, 3.8) is 0 Å². The molecular formula is C16H15ClO2. The number of halogens is 1. The summed E-state index contributed by atoms with van der Waals surface area (Å²) in [6, 6.07) is 18.0. The van der Waals surface area contributed by atoms with E-state index >= 15 is 0 Å². The SMILES string of the molecule is O=C(CC(O)(CCl)c1ccccc1)c1ccccc1. The molecule has 2 nitrogen and oxygen atoms in total. The van der Waals surface area contributed by atoms with Crippen molar-refractivity contribution in [2.75, 3.05) is 5.88 Å². The average Bonchev–Trinajstić information content (AvgIpc) is 2.49. The van der Waals surface area contributed by atoms with Gasteiger partial charge in [-0.1, -0.05) is 60.7 Å². The number of hydrogen-bond acceptors (Lipinski definition) is 2. The number of benzene rings is 2. The molecule has 0 saturated carbocycles. The fourth-order valence-corrected chi connectivity index (χ4v) is 2.22. The minimum atomic E-state index is -1.32. The normalized spacial score (nSPS) is 13.8. The van der Waals surface area contributed by atoms with Crippen molar-refractivity contribution >= 4 is 17.4 Å². The Morgan fingerprint density at radius 2 is 1.53 bits per heavy atom. The summed E-state index contributed by atoms with van der Waals surface area (Å²) in [5.74, 6) is -0.136. The maximum atomic E-state index is 12.2. The lowest BCUT2D eigenvalue weighted by molar-refractivity contribution is 0.0458. The van der Waals surface area contributed by atoms with Crippen LogP contribution in [0, 0.1) is 0 Å². The highest BCUT2D eigenvalue weighted by Gasteiger charge is 2.31. The van der Waals surface area contributed by atoms with Gasteiger partial charge in [0.2, 0.25) is 0 Å². The molecular weight excluding hydrogens is 260 g/mol. The maximum absolute atomic E-state index is 12.2. The summed E-state index contributed by atoms with van der Waals surface area (Å²) in [7, 11) is 0. The van der Waals surface area contributed by atoms with Gasteiger partial charge in [-0.15, -0.1) is 11.6 Å². The maximum Gasteiger partial charge on any atom is 0.166 e. The monoisotopic (exact) mass is 274 g/mol. The molecule has 3 heteroatoms. The molecule has 0 saturated heterocycles. The van der Waals surface area contributed by atoms with Crippen LogP contribution in [-0.4, -0.2) is 16.8 Å². The highest BCUT2D eigenvalue weighted by molar-refractivity contribution is 6.18. The Labute approximate surface area is 117 Å². The van der Waals surface area contributed by atoms with E-state index in [0.717, 1.165) is 0 Å². The minimum Gasteiger partial charge on any atom is -0.383 e. The van der Waals surface area contributed by atoms with Gasteiger partial charge in [0.05, 0.1) is 5.88 Å². The first-order valence-electron chi connectivity index (χ1n) is 6.08. The van der Waals surface area contributed by atoms with Crippen LogP contribution in [0.3, 0.4) is 0 Å². The van der Waals surface area contributed by atoms with Crippen LogP contribution >= 0.6 is 11.6 Å². The molecule has 2 aromatic carbocycles. The van der Waals surface area contributed by atoms with Crippen molar-refractivity contribution in [1.29, 1.82) is 0 Å². The minimum absolute atomic E-state index is 0.0183. The summed E-state index contributed by atoms with van der Waals surface area (Å²) in [5.41, 5.74) is -0.0771. The topological polar surface area (TPSA) is 37.3 Å². The number of rotatable bonds is 5. The van der Waals surface area contributed by atoms with Crippen molar-refractivity contribution in [3.05, 3.63) is 71.8 Å². The van der Waals surface area contributed by atoms with Crippen molar-refractivity contribution in [2.24, 2.45) is 0 Å². The molecule has 98 valence electrons. The first kappa shape index (κ1) is 13.8. The van der Waals surface area contributed by atoms with Gasteiger partial charge >= 0.3 is 0 Å². The van der Waals surface area contributed by atoms with Gasteiger partial charge in [-0.3, -0.25) is 4.79 Å². The van der Waals surface area contributed by atoms with Gasteiger partial charge in [0.25, 0.3) is 0 Å². The quantitative estimate of drug-likeness (QED) is 0.670. The lowest BCUT2D eigenvalue weighted by Crippen LogP contribution is -2.31. The van der Waals surface area contributed by atoms with E-state index in [-0.39, 0.29) is 18.1 Å². The van der Waals surface area contributed by atoms with Gasteiger partial charge in [-0.2, -0.15) is 0 Å². The number of aliphatic hydroxyl groups is 1. The zero-order valence-electron chi connectivity index (χ0n) is 10.4. The Balaban J connectivity index is 2.22. The van der Waals surface area contributed by atoms with Crippen LogP contribution in [0.4, 0.5) is 0 Å². The molecule has 0 radical (unpaired) electrons. The number of ketones is 1. The van der Waals surface area contributed by atoms with Crippen LogP contribution in [0.15, 0.2) is 60.7 Å². The van der Waals surface area contributed by atoms with Crippen LogP contribution in [0.25, 0.3) is 0 Å². The molecule has 0 aliphatic heterocycles. The predicted octanol–water partition coefficient (Wildman–Crippen LogP) is 3.39. The fraction of sp³-hybridized carbons (Fsp3) is 0.188. The second-order valence-corrected chi connectivity index (χ2v) is 4.76. The number of Topliss-reactive ketones (excluding diaryl/α,β-unsaturated/α-hetero) is 1. The second-order valence-electron chi connectivity index (χ2n) is 4.50. The zero-order chi connectivity index (χ0) is 13.7. The molecule has 19 heavy (non-hydrogen) atoms. The van der Waals surface area contributed by atoms with Crippen molar-refractivity contribution in [1.82, 2.24) is 0 Å². The van der Waals surface area contributed by atoms with Crippen molar-refractivity contribution < 1.29 is 9.90 Å². The Hall–Kier alpha value is -1.64. The van der Waals surface area contributed by atoms with Crippen molar-refractivity contribution in [3.8, 4) is 0 Å². The van der Waals surface area contributed by atoms with E-state index in [1.807, 2.05) is 24.3 Å². The predicted molar refractivity (Wildman–Crippen MR) is 76.4 cm³/mol. The van der Waals surface area contributed by atoms with E-state index < -0.39 is 5.60 Å². The summed E-state index contributed by atoms with van der Waals surface area (Å²) in [5, 5.41) is 10.6. The highest BCUT2D eigenvalue weighted by Crippen LogP contribution is 2.28. The van der Waals surface area contributed by atoms with Gasteiger partial charge in [-0.05, 0) is 5.56 Å². The first-order valence-corrected chi connectivity index (χ1v) is 6.61. The molecule has 0 aliphatic rings. The van der Waals surface area contributed by atoms with Crippen LogP contribution in [0.5, 0.6) is 0 Å². The van der Waals surface area contributed by atoms with E-state index in [1.54, 1.807) is 36.4 Å². The van der Waals surface area contributed by atoms with Crippen LogP contribution < -0.4 is 0 Å². The van der Waals surface area contributed by atoms with Gasteiger partial charge < -0.3 is 5.11 Å². The molecule has 1 unspecified atom stereocenters. The third-order valence-corrected chi connectivity index (χ3v) is 3.52. The molecule has 1 atom stereocenters.